The average molecular weight is 536 g/mol. The van der Waals surface area contributed by atoms with E-state index in [1.54, 1.807) is 29.2 Å². The lowest BCUT2D eigenvalue weighted by Gasteiger charge is -2.35. The first-order valence-corrected chi connectivity index (χ1v) is 13.2. The van der Waals surface area contributed by atoms with E-state index in [1.165, 1.54) is 13.3 Å². The summed E-state index contributed by atoms with van der Waals surface area (Å²) in [4.78, 5) is 31.9. The molecule has 2 amide bonds. The molecule has 2 fully saturated rings. The first kappa shape index (κ1) is 26.5. The number of aromatic nitrogens is 3. The molecule has 1 N–H and O–H groups in total. The minimum atomic E-state index is -0.651. The van der Waals surface area contributed by atoms with E-state index >= 15 is 0 Å². The van der Waals surface area contributed by atoms with Crippen LogP contribution in [0, 0.1) is 0 Å². The molecule has 206 valence electrons. The molecule has 0 aliphatic carbocycles. The van der Waals surface area contributed by atoms with Gasteiger partial charge in [-0.3, -0.25) is 14.3 Å². The number of amides is 2. The van der Waals surface area contributed by atoms with Crippen LogP contribution in [0.2, 0.25) is 0 Å². The SMILES string of the molecule is COc1cc(O[C@@H]2CO[C@@H](C(=O)Nc3cnn(CC(=O)N4CCCCC4COc4ccccc4)c3)C2)ccn1. The van der Waals surface area contributed by atoms with E-state index < -0.39 is 6.10 Å². The van der Waals surface area contributed by atoms with Crippen LogP contribution in [0.5, 0.6) is 17.4 Å². The van der Waals surface area contributed by atoms with Crippen LogP contribution in [0.3, 0.4) is 0 Å². The van der Waals surface area contributed by atoms with Crippen molar-refractivity contribution in [2.24, 2.45) is 0 Å². The Morgan fingerprint density at radius 3 is 2.87 bits per heavy atom. The van der Waals surface area contributed by atoms with Crippen LogP contribution in [0.4, 0.5) is 5.69 Å². The fraction of sp³-hybridized carbons (Fsp3) is 0.429. The fourth-order valence-electron chi connectivity index (χ4n) is 4.81. The van der Waals surface area contributed by atoms with Gasteiger partial charge in [-0.15, -0.1) is 0 Å². The lowest BCUT2D eigenvalue weighted by Crippen LogP contribution is -2.48. The number of rotatable bonds is 10. The molecule has 0 bridgehead atoms. The summed E-state index contributed by atoms with van der Waals surface area (Å²) in [6, 6.07) is 13.1. The Morgan fingerprint density at radius 2 is 2.03 bits per heavy atom. The largest absolute Gasteiger partial charge is 0.491 e. The zero-order valence-electron chi connectivity index (χ0n) is 21.9. The van der Waals surface area contributed by atoms with Crippen LogP contribution in [0.15, 0.2) is 61.1 Å². The van der Waals surface area contributed by atoms with Gasteiger partial charge in [0.2, 0.25) is 11.8 Å². The number of piperidine rings is 1. The third-order valence-electron chi connectivity index (χ3n) is 6.80. The predicted octanol–water partition coefficient (Wildman–Crippen LogP) is 2.92. The van der Waals surface area contributed by atoms with Crippen LogP contribution in [0.25, 0.3) is 0 Å². The molecule has 2 aliphatic rings. The average Bonchev–Trinajstić information content (AvgIpc) is 3.62. The molecule has 2 saturated heterocycles. The van der Waals surface area contributed by atoms with Gasteiger partial charge in [0.1, 0.15) is 36.9 Å². The molecule has 0 radical (unpaired) electrons. The molecule has 0 spiro atoms. The summed E-state index contributed by atoms with van der Waals surface area (Å²) < 4.78 is 24.2. The maximum Gasteiger partial charge on any atom is 0.253 e. The third-order valence-corrected chi connectivity index (χ3v) is 6.80. The van der Waals surface area contributed by atoms with Gasteiger partial charge in [-0.1, -0.05) is 18.2 Å². The van der Waals surface area contributed by atoms with Crippen LogP contribution in [-0.4, -0.2) is 76.6 Å². The number of carbonyl (C=O) groups excluding carboxylic acids is 2. The lowest BCUT2D eigenvalue weighted by atomic mass is 10.0. The van der Waals surface area contributed by atoms with Gasteiger partial charge in [0.15, 0.2) is 0 Å². The molecular formula is C28H33N5O6. The molecule has 39 heavy (non-hydrogen) atoms. The molecule has 4 heterocycles. The van der Waals surface area contributed by atoms with Crippen molar-refractivity contribution in [3.8, 4) is 17.4 Å². The van der Waals surface area contributed by atoms with Crippen molar-refractivity contribution in [1.82, 2.24) is 19.7 Å². The lowest BCUT2D eigenvalue weighted by molar-refractivity contribution is -0.136. The van der Waals surface area contributed by atoms with Crippen molar-refractivity contribution >= 4 is 17.5 Å². The van der Waals surface area contributed by atoms with Gasteiger partial charge >= 0.3 is 0 Å². The summed E-state index contributed by atoms with van der Waals surface area (Å²) in [6.45, 7) is 1.53. The molecule has 0 saturated carbocycles. The summed E-state index contributed by atoms with van der Waals surface area (Å²) in [6.07, 6.45) is 7.21. The number of benzene rings is 1. The highest BCUT2D eigenvalue weighted by Gasteiger charge is 2.33. The van der Waals surface area contributed by atoms with E-state index in [2.05, 4.69) is 15.4 Å². The number of carbonyl (C=O) groups is 2. The number of ether oxygens (including phenoxy) is 4. The summed E-state index contributed by atoms with van der Waals surface area (Å²) in [5, 5.41) is 7.11. The first-order valence-electron chi connectivity index (χ1n) is 13.2. The topological polar surface area (TPSA) is 117 Å². The van der Waals surface area contributed by atoms with Crippen LogP contribution >= 0.6 is 0 Å². The standard InChI is InChI=1S/C28H33N5O6/c1-36-26-14-23(10-11-29-26)39-24-13-25(38-19-24)28(35)31-20-15-30-32(16-20)17-27(34)33-12-6-5-7-21(33)18-37-22-8-3-2-4-9-22/h2-4,8-11,14-16,21,24-25H,5-7,12-13,17-19H2,1H3,(H,31,35)/t21?,24-,25+/m0/s1. The van der Waals surface area contributed by atoms with Crippen molar-refractivity contribution in [3.63, 3.8) is 0 Å². The maximum absolute atomic E-state index is 13.1. The molecule has 1 unspecified atom stereocenters. The van der Waals surface area contributed by atoms with Gasteiger partial charge in [-0.05, 0) is 37.5 Å². The second-order valence-corrected chi connectivity index (χ2v) is 9.61. The number of hydrogen-bond donors (Lipinski definition) is 1. The van der Waals surface area contributed by atoms with Crippen molar-refractivity contribution < 1.29 is 28.5 Å². The monoisotopic (exact) mass is 535 g/mol. The van der Waals surface area contributed by atoms with E-state index in [9.17, 15) is 9.59 Å². The number of anilines is 1. The van der Waals surface area contributed by atoms with Crippen LogP contribution in [-0.2, 0) is 20.9 Å². The zero-order valence-corrected chi connectivity index (χ0v) is 21.9. The Kier molecular flexibility index (Phi) is 8.57. The number of methoxy groups -OCH3 is 1. The van der Waals surface area contributed by atoms with E-state index in [-0.39, 0.29) is 30.5 Å². The summed E-state index contributed by atoms with van der Waals surface area (Å²) in [7, 11) is 1.54. The molecule has 11 nitrogen and oxygen atoms in total. The Balaban J connectivity index is 1.10. The summed E-state index contributed by atoms with van der Waals surface area (Å²) in [5.74, 6) is 1.54. The second-order valence-electron chi connectivity index (χ2n) is 9.61. The quantitative estimate of drug-likeness (QED) is 0.421. The number of nitrogens with zero attached hydrogens (tertiary/aromatic N) is 4. The normalized spacial score (nSPS) is 20.8. The number of nitrogens with one attached hydrogen (secondary N) is 1. The first-order chi connectivity index (χ1) is 19.1. The van der Waals surface area contributed by atoms with E-state index in [4.69, 9.17) is 18.9 Å². The van der Waals surface area contributed by atoms with E-state index in [0.29, 0.717) is 43.5 Å². The third kappa shape index (κ3) is 7.05. The van der Waals surface area contributed by atoms with Gasteiger partial charge in [-0.2, -0.15) is 5.10 Å². The highest BCUT2D eigenvalue weighted by Crippen LogP contribution is 2.24. The molecular weight excluding hydrogens is 502 g/mol. The smallest absolute Gasteiger partial charge is 0.253 e. The highest BCUT2D eigenvalue weighted by molar-refractivity contribution is 5.94. The number of para-hydroxylation sites is 1. The summed E-state index contributed by atoms with van der Waals surface area (Å²) >= 11 is 0. The van der Waals surface area contributed by atoms with Gasteiger partial charge < -0.3 is 29.2 Å². The Hall–Kier alpha value is -4.12. The van der Waals surface area contributed by atoms with Gasteiger partial charge in [-0.25, -0.2) is 4.98 Å². The van der Waals surface area contributed by atoms with Crippen LogP contribution < -0.4 is 19.5 Å². The Labute approximate surface area is 227 Å². The predicted molar refractivity (Wildman–Crippen MR) is 142 cm³/mol. The van der Waals surface area contributed by atoms with Gasteiger partial charge in [0.25, 0.3) is 5.91 Å². The van der Waals surface area contributed by atoms with Crippen molar-refractivity contribution in [1.29, 1.82) is 0 Å². The van der Waals surface area contributed by atoms with E-state index in [0.717, 1.165) is 25.0 Å². The Bertz CT molecular complexity index is 1250. The number of hydrogen-bond acceptors (Lipinski definition) is 8. The Morgan fingerprint density at radius 1 is 1.15 bits per heavy atom. The molecule has 1 aromatic carbocycles. The molecule has 3 aromatic rings. The minimum absolute atomic E-state index is 0.0177. The van der Waals surface area contributed by atoms with Crippen LogP contribution in [0.1, 0.15) is 25.7 Å². The van der Waals surface area contributed by atoms with Crippen molar-refractivity contribution in [2.75, 3.05) is 32.2 Å². The van der Waals surface area contributed by atoms with Crippen molar-refractivity contribution in [2.45, 2.75) is 50.5 Å². The second kappa shape index (κ2) is 12.6. The van der Waals surface area contributed by atoms with Gasteiger partial charge in [0.05, 0.1) is 31.6 Å². The molecule has 11 heteroatoms. The van der Waals surface area contributed by atoms with Crippen molar-refractivity contribution in [3.05, 3.63) is 61.1 Å². The van der Waals surface area contributed by atoms with E-state index in [1.807, 2.05) is 35.2 Å². The highest BCUT2D eigenvalue weighted by atomic mass is 16.6. The molecule has 3 atom stereocenters. The number of pyridine rings is 1. The maximum atomic E-state index is 13.1. The molecule has 2 aliphatic heterocycles. The number of likely N-dealkylation sites (tertiary alicyclic amines) is 1. The summed E-state index contributed by atoms with van der Waals surface area (Å²) in [5.41, 5.74) is 0.502. The fourth-order valence-corrected chi connectivity index (χ4v) is 4.81. The molecule has 2 aromatic heterocycles. The minimum Gasteiger partial charge on any atom is -0.491 e. The van der Waals surface area contributed by atoms with Gasteiger partial charge in [0, 0.05) is 31.4 Å². The zero-order chi connectivity index (χ0) is 27.0. The molecule has 5 rings (SSSR count).